The van der Waals surface area contributed by atoms with Gasteiger partial charge >= 0.3 is 0 Å². The van der Waals surface area contributed by atoms with E-state index in [-0.39, 0.29) is 18.6 Å². The molecule has 1 amide bonds. The molecule has 3 heterocycles. The highest BCUT2D eigenvalue weighted by Gasteiger charge is 2.22. The second-order valence-corrected chi connectivity index (χ2v) is 8.46. The van der Waals surface area contributed by atoms with E-state index >= 15 is 0 Å². The molecule has 0 bridgehead atoms. The van der Waals surface area contributed by atoms with Gasteiger partial charge < -0.3 is 15.2 Å². The van der Waals surface area contributed by atoms with Crippen molar-refractivity contribution in [1.82, 2.24) is 24.4 Å². The van der Waals surface area contributed by atoms with Crippen molar-refractivity contribution in [3.8, 4) is 17.0 Å². The van der Waals surface area contributed by atoms with E-state index in [1.807, 2.05) is 38.1 Å². The third-order valence-corrected chi connectivity index (χ3v) is 4.59. The summed E-state index contributed by atoms with van der Waals surface area (Å²) in [5.74, 6) is 0.300. The summed E-state index contributed by atoms with van der Waals surface area (Å²) >= 11 is 0. The fraction of sp³-hybridized carbons (Fsp3) is 0.304. The van der Waals surface area contributed by atoms with Gasteiger partial charge in [0.05, 0.1) is 30.1 Å². The summed E-state index contributed by atoms with van der Waals surface area (Å²) in [5, 5.41) is 22.0. The summed E-state index contributed by atoms with van der Waals surface area (Å²) in [5.41, 5.74) is 1.60. The summed E-state index contributed by atoms with van der Waals surface area (Å²) < 4.78 is 9.12. The number of carbonyl (C=O) groups is 1. The van der Waals surface area contributed by atoms with Gasteiger partial charge in [-0.05, 0) is 45.9 Å². The zero-order valence-electron chi connectivity index (χ0n) is 18.5. The van der Waals surface area contributed by atoms with Crippen molar-refractivity contribution in [2.45, 2.75) is 45.9 Å². The molecule has 3 aromatic heterocycles. The van der Waals surface area contributed by atoms with Crippen LogP contribution in [0.15, 0.2) is 55.1 Å². The molecule has 4 rings (SSSR count). The number of aliphatic hydroxyl groups is 1. The van der Waals surface area contributed by atoms with Crippen molar-refractivity contribution < 1.29 is 14.6 Å². The van der Waals surface area contributed by atoms with Gasteiger partial charge in [0.25, 0.3) is 5.91 Å². The number of para-hydroxylation sites is 1. The summed E-state index contributed by atoms with van der Waals surface area (Å²) in [4.78, 5) is 17.4. The largest absolute Gasteiger partial charge is 0.490 e. The van der Waals surface area contributed by atoms with Crippen molar-refractivity contribution >= 4 is 17.2 Å². The Labute approximate surface area is 185 Å². The Morgan fingerprint density at radius 3 is 2.78 bits per heavy atom. The quantitative estimate of drug-likeness (QED) is 0.462. The lowest BCUT2D eigenvalue weighted by Gasteiger charge is -2.16. The Hall–Kier alpha value is -3.72. The number of nitrogens with one attached hydrogen (secondary N) is 1. The van der Waals surface area contributed by atoms with E-state index in [2.05, 4.69) is 20.5 Å². The molecule has 1 aromatic carbocycles. The second-order valence-electron chi connectivity index (χ2n) is 8.46. The molecule has 9 heteroatoms. The van der Waals surface area contributed by atoms with E-state index in [4.69, 9.17) is 4.74 Å². The normalized spacial score (nSPS) is 11.8. The minimum atomic E-state index is -0.981. The van der Waals surface area contributed by atoms with Crippen LogP contribution in [0.4, 0.5) is 5.69 Å². The van der Waals surface area contributed by atoms with E-state index in [9.17, 15) is 9.90 Å². The molecule has 0 unspecified atom stereocenters. The van der Waals surface area contributed by atoms with Crippen LogP contribution in [0.25, 0.3) is 16.9 Å². The predicted octanol–water partition coefficient (Wildman–Crippen LogP) is 3.40. The number of ether oxygens (including phenoxy) is 1. The van der Waals surface area contributed by atoms with E-state index in [1.165, 1.54) is 6.20 Å². The molecule has 0 aliphatic carbocycles. The van der Waals surface area contributed by atoms with Crippen molar-refractivity contribution in [3.05, 3.63) is 60.7 Å². The van der Waals surface area contributed by atoms with Crippen LogP contribution in [-0.4, -0.2) is 47.1 Å². The van der Waals surface area contributed by atoms with Crippen LogP contribution in [0, 0.1) is 0 Å². The fourth-order valence-electron chi connectivity index (χ4n) is 3.39. The number of carbonyl (C=O) groups excluding carboxylic acids is 1. The van der Waals surface area contributed by atoms with Crippen LogP contribution in [0.3, 0.4) is 0 Å². The fourth-order valence-corrected chi connectivity index (χ4v) is 3.39. The van der Waals surface area contributed by atoms with E-state index in [1.54, 1.807) is 47.7 Å². The SMILES string of the molecule is CC(C)Oc1ccccc1-c1nn(CC(C)(C)O)cc1NC(=O)c1cnn2cccnc12. The van der Waals surface area contributed by atoms with Gasteiger partial charge in [0.2, 0.25) is 0 Å². The van der Waals surface area contributed by atoms with E-state index < -0.39 is 5.60 Å². The summed E-state index contributed by atoms with van der Waals surface area (Å²) in [7, 11) is 0. The van der Waals surface area contributed by atoms with Crippen molar-refractivity contribution in [3.63, 3.8) is 0 Å². The standard InChI is InChI=1S/C23H26N6O3/c1-15(2)32-19-9-6-5-8-16(19)20-18(13-28(27-20)14-23(3,4)31)26-22(30)17-12-25-29-11-7-10-24-21(17)29/h5-13,15,31H,14H2,1-4H3,(H,26,30). The Bertz CT molecular complexity index is 1250. The van der Waals surface area contributed by atoms with Crippen LogP contribution in [-0.2, 0) is 6.54 Å². The predicted molar refractivity (Wildman–Crippen MR) is 121 cm³/mol. The van der Waals surface area contributed by atoms with Gasteiger partial charge in [0, 0.05) is 24.2 Å². The molecular formula is C23H26N6O3. The summed E-state index contributed by atoms with van der Waals surface area (Å²) in [6.45, 7) is 7.55. The van der Waals surface area contributed by atoms with Crippen molar-refractivity contribution in [2.24, 2.45) is 0 Å². The number of anilines is 1. The van der Waals surface area contributed by atoms with Gasteiger partial charge in [-0.2, -0.15) is 10.2 Å². The summed E-state index contributed by atoms with van der Waals surface area (Å²) in [6.07, 6.45) is 6.49. The average molecular weight is 435 g/mol. The van der Waals surface area contributed by atoms with Crippen LogP contribution in [0.1, 0.15) is 38.1 Å². The molecule has 0 aliphatic rings. The first-order chi connectivity index (χ1) is 15.2. The molecule has 32 heavy (non-hydrogen) atoms. The van der Waals surface area contributed by atoms with Gasteiger partial charge in [-0.25, -0.2) is 9.50 Å². The molecule has 0 spiro atoms. The molecule has 2 N–H and O–H groups in total. The first-order valence-corrected chi connectivity index (χ1v) is 10.4. The molecule has 9 nitrogen and oxygen atoms in total. The van der Waals surface area contributed by atoms with Gasteiger partial charge in [-0.1, -0.05) is 12.1 Å². The van der Waals surface area contributed by atoms with Crippen molar-refractivity contribution in [2.75, 3.05) is 5.32 Å². The Morgan fingerprint density at radius 1 is 1.25 bits per heavy atom. The number of rotatable bonds is 7. The third kappa shape index (κ3) is 4.62. The van der Waals surface area contributed by atoms with Crippen LogP contribution in [0.5, 0.6) is 5.75 Å². The number of fused-ring (bicyclic) bond motifs is 1. The topological polar surface area (TPSA) is 107 Å². The summed E-state index contributed by atoms with van der Waals surface area (Å²) in [6, 6.07) is 9.27. The lowest BCUT2D eigenvalue weighted by atomic mass is 10.1. The number of hydrogen-bond acceptors (Lipinski definition) is 6. The lowest BCUT2D eigenvalue weighted by molar-refractivity contribution is 0.0578. The van der Waals surface area contributed by atoms with Gasteiger partial charge in [-0.15, -0.1) is 0 Å². The van der Waals surface area contributed by atoms with Crippen molar-refractivity contribution in [1.29, 1.82) is 0 Å². The van der Waals surface area contributed by atoms with Crippen LogP contribution < -0.4 is 10.1 Å². The molecule has 0 saturated carbocycles. The Balaban J connectivity index is 1.75. The average Bonchev–Trinajstić information content (AvgIpc) is 3.30. The molecule has 4 aromatic rings. The lowest BCUT2D eigenvalue weighted by Crippen LogP contribution is -2.26. The monoisotopic (exact) mass is 434 g/mol. The van der Waals surface area contributed by atoms with Crippen LogP contribution in [0.2, 0.25) is 0 Å². The van der Waals surface area contributed by atoms with Gasteiger partial charge in [-0.3, -0.25) is 9.48 Å². The molecule has 0 radical (unpaired) electrons. The Kier molecular flexibility index (Phi) is 5.67. The molecule has 166 valence electrons. The van der Waals surface area contributed by atoms with E-state index in [0.29, 0.717) is 28.3 Å². The zero-order chi connectivity index (χ0) is 22.9. The third-order valence-electron chi connectivity index (χ3n) is 4.59. The maximum Gasteiger partial charge on any atom is 0.261 e. The van der Waals surface area contributed by atoms with Gasteiger partial charge in [0.1, 0.15) is 17.0 Å². The van der Waals surface area contributed by atoms with E-state index in [0.717, 1.165) is 5.56 Å². The first kappa shape index (κ1) is 21.5. The second kappa shape index (κ2) is 8.43. The number of nitrogens with zero attached hydrogens (tertiary/aromatic N) is 5. The molecular weight excluding hydrogens is 408 g/mol. The number of aromatic nitrogens is 5. The highest BCUT2D eigenvalue weighted by atomic mass is 16.5. The highest BCUT2D eigenvalue weighted by molar-refractivity contribution is 6.09. The van der Waals surface area contributed by atoms with Gasteiger partial charge in [0.15, 0.2) is 5.65 Å². The Morgan fingerprint density at radius 2 is 2.03 bits per heavy atom. The molecule has 0 atom stereocenters. The minimum Gasteiger partial charge on any atom is -0.490 e. The maximum absolute atomic E-state index is 13.1. The molecule has 0 aliphatic heterocycles. The number of hydrogen-bond donors (Lipinski definition) is 2. The highest BCUT2D eigenvalue weighted by Crippen LogP contribution is 2.35. The number of benzene rings is 1. The van der Waals surface area contributed by atoms with Crippen LogP contribution >= 0.6 is 0 Å². The number of amides is 1. The maximum atomic E-state index is 13.1. The first-order valence-electron chi connectivity index (χ1n) is 10.4. The molecule has 0 fully saturated rings. The minimum absolute atomic E-state index is 0.0301. The molecule has 0 saturated heterocycles. The smallest absolute Gasteiger partial charge is 0.261 e. The zero-order valence-corrected chi connectivity index (χ0v) is 18.5.